The number of unbranched alkanes of at least 4 members (excludes halogenated alkanes) is 31. The number of hydrogen-bond donors (Lipinski definition) is 0. The second kappa shape index (κ2) is 34.0. The molecule has 0 radical (unpaired) electrons. The summed E-state index contributed by atoms with van der Waals surface area (Å²) >= 11 is 0. The van der Waals surface area contributed by atoms with Gasteiger partial charge in [-0.25, -0.2) is 4.57 Å². The Bertz CT molecular complexity index is 652. The zero-order chi connectivity index (χ0) is 30.7. The second-order valence-corrected chi connectivity index (χ2v) is 14.2. The monoisotopic (exact) mass is 599 g/mol. The molecule has 0 N–H and O–H groups in total. The molecule has 0 amide bonds. The summed E-state index contributed by atoms with van der Waals surface area (Å²) in [6, 6.07) is 4.62. The lowest BCUT2D eigenvalue weighted by molar-refractivity contribution is -0.697. The predicted molar refractivity (Wildman–Crippen MR) is 194 cm³/mol. The van der Waals surface area contributed by atoms with Gasteiger partial charge in [-0.15, -0.1) is 0 Å². The Labute approximate surface area is 272 Å². The Balaban J connectivity index is 1.84. The first-order valence-electron chi connectivity index (χ1n) is 20.3. The number of rotatable bonds is 35. The Morgan fingerprint density at radius 3 is 1.02 bits per heavy atom. The van der Waals surface area contributed by atoms with Gasteiger partial charge in [0.25, 0.3) is 0 Å². The number of hydrogen-bond acceptors (Lipinski definition) is 0. The highest BCUT2D eigenvalue weighted by Gasteiger charge is 2.04. The van der Waals surface area contributed by atoms with Crippen LogP contribution in [0.15, 0.2) is 24.5 Å². The van der Waals surface area contributed by atoms with E-state index in [9.17, 15) is 0 Å². The van der Waals surface area contributed by atoms with E-state index in [1.165, 1.54) is 225 Å². The first kappa shape index (κ1) is 40.2. The minimum absolute atomic E-state index is 1.20. The molecule has 0 fully saturated rings. The number of aromatic nitrogens is 1. The fourth-order valence-corrected chi connectivity index (χ4v) is 6.76. The molecule has 0 bridgehead atoms. The standard InChI is InChI=1S/C42H80N/c1-3-5-7-9-11-13-15-17-19-21-23-25-27-29-31-33-35-39-43-40-36-38-42(41-43)37-34-32-30-28-26-24-22-20-18-16-14-12-10-8-6-4-2/h36,38,40-41H,3-35,37,39H2,1-2H3/q+1. The lowest BCUT2D eigenvalue weighted by atomic mass is 10.0. The summed E-state index contributed by atoms with van der Waals surface area (Å²) in [6.45, 7) is 5.81. The van der Waals surface area contributed by atoms with Crippen LogP contribution in [0.5, 0.6) is 0 Å². The molecule has 0 aromatic carbocycles. The molecule has 1 heteroatoms. The smallest absolute Gasteiger partial charge is 0.171 e. The van der Waals surface area contributed by atoms with Crippen LogP contribution < -0.4 is 4.57 Å². The molecule has 0 saturated heterocycles. The molecular weight excluding hydrogens is 518 g/mol. The summed E-state index contributed by atoms with van der Waals surface area (Å²) < 4.78 is 2.45. The molecule has 0 aliphatic rings. The van der Waals surface area contributed by atoms with E-state index in [1.54, 1.807) is 5.56 Å². The van der Waals surface area contributed by atoms with Gasteiger partial charge in [0.15, 0.2) is 12.4 Å². The molecule has 1 rings (SSSR count). The third-order valence-electron chi connectivity index (χ3n) is 9.76. The van der Waals surface area contributed by atoms with Crippen molar-refractivity contribution >= 4 is 0 Å². The summed E-state index contributed by atoms with van der Waals surface area (Å²) in [5.41, 5.74) is 1.54. The van der Waals surface area contributed by atoms with E-state index in [0.29, 0.717) is 0 Å². The lowest BCUT2D eigenvalue weighted by Crippen LogP contribution is -2.33. The van der Waals surface area contributed by atoms with Gasteiger partial charge in [0.2, 0.25) is 0 Å². The van der Waals surface area contributed by atoms with Crippen LogP contribution in [-0.4, -0.2) is 0 Å². The van der Waals surface area contributed by atoms with Crippen LogP contribution in [0.4, 0.5) is 0 Å². The highest BCUT2D eigenvalue weighted by molar-refractivity contribution is 5.05. The summed E-state index contributed by atoms with van der Waals surface area (Å²) in [5, 5.41) is 0. The van der Waals surface area contributed by atoms with Gasteiger partial charge < -0.3 is 0 Å². The zero-order valence-electron chi connectivity index (χ0n) is 30.0. The minimum Gasteiger partial charge on any atom is -0.205 e. The van der Waals surface area contributed by atoms with Crippen molar-refractivity contribution < 1.29 is 4.57 Å². The highest BCUT2D eigenvalue weighted by Crippen LogP contribution is 2.16. The Kier molecular flexibility index (Phi) is 31.8. The molecule has 0 saturated carbocycles. The van der Waals surface area contributed by atoms with E-state index >= 15 is 0 Å². The van der Waals surface area contributed by atoms with Gasteiger partial charge in [0.1, 0.15) is 6.54 Å². The van der Waals surface area contributed by atoms with Gasteiger partial charge in [0.05, 0.1) is 0 Å². The normalized spacial score (nSPS) is 11.5. The average molecular weight is 599 g/mol. The van der Waals surface area contributed by atoms with Crippen molar-refractivity contribution in [3.63, 3.8) is 0 Å². The molecule has 1 nitrogen and oxygen atoms in total. The fourth-order valence-electron chi connectivity index (χ4n) is 6.76. The van der Waals surface area contributed by atoms with Crippen molar-refractivity contribution in [2.75, 3.05) is 0 Å². The molecule has 0 atom stereocenters. The van der Waals surface area contributed by atoms with E-state index in [2.05, 4.69) is 42.9 Å². The largest absolute Gasteiger partial charge is 0.205 e. The molecule has 1 aromatic rings. The maximum atomic E-state index is 2.45. The van der Waals surface area contributed by atoms with Crippen LogP contribution in [0.3, 0.4) is 0 Å². The Morgan fingerprint density at radius 1 is 0.372 bits per heavy atom. The summed E-state index contributed by atoms with van der Waals surface area (Å²) in [7, 11) is 0. The van der Waals surface area contributed by atoms with Crippen LogP contribution in [0.1, 0.15) is 231 Å². The van der Waals surface area contributed by atoms with Crippen molar-refractivity contribution in [3.8, 4) is 0 Å². The van der Waals surface area contributed by atoms with Crippen molar-refractivity contribution in [1.82, 2.24) is 0 Å². The quantitative estimate of drug-likeness (QED) is 0.0540. The van der Waals surface area contributed by atoms with Gasteiger partial charge in [-0.3, -0.25) is 0 Å². The number of pyridine rings is 1. The van der Waals surface area contributed by atoms with E-state index in [-0.39, 0.29) is 0 Å². The van der Waals surface area contributed by atoms with Gasteiger partial charge in [0, 0.05) is 18.1 Å². The fraction of sp³-hybridized carbons (Fsp3) is 0.881. The molecule has 0 aliphatic heterocycles. The maximum Gasteiger partial charge on any atom is 0.171 e. The third-order valence-corrected chi connectivity index (χ3v) is 9.76. The molecule has 43 heavy (non-hydrogen) atoms. The van der Waals surface area contributed by atoms with Crippen LogP contribution in [-0.2, 0) is 13.0 Å². The van der Waals surface area contributed by atoms with Crippen LogP contribution in [0.2, 0.25) is 0 Å². The maximum absolute atomic E-state index is 2.45. The number of aryl methyl sites for hydroxylation is 2. The first-order chi connectivity index (χ1) is 21.4. The summed E-state index contributed by atoms with van der Waals surface area (Å²) in [4.78, 5) is 0. The number of nitrogens with zero attached hydrogens (tertiary/aromatic N) is 1. The second-order valence-electron chi connectivity index (χ2n) is 14.2. The predicted octanol–water partition coefficient (Wildman–Crippen LogP) is 14.4. The Morgan fingerprint density at radius 2 is 0.674 bits per heavy atom. The van der Waals surface area contributed by atoms with Crippen molar-refractivity contribution in [2.24, 2.45) is 0 Å². The average Bonchev–Trinajstić information content (AvgIpc) is 3.02. The van der Waals surface area contributed by atoms with Crippen LogP contribution >= 0.6 is 0 Å². The molecule has 1 heterocycles. The van der Waals surface area contributed by atoms with Crippen molar-refractivity contribution in [3.05, 3.63) is 30.1 Å². The molecule has 0 unspecified atom stereocenters. The van der Waals surface area contributed by atoms with E-state index in [4.69, 9.17) is 0 Å². The Hall–Kier alpha value is -0.850. The van der Waals surface area contributed by atoms with Crippen molar-refractivity contribution in [2.45, 2.75) is 239 Å². The van der Waals surface area contributed by atoms with Crippen LogP contribution in [0, 0.1) is 0 Å². The van der Waals surface area contributed by atoms with Gasteiger partial charge >= 0.3 is 0 Å². The van der Waals surface area contributed by atoms with E-state index < -0.39 is 0 Å². The lowest BCUT2D eigenvalue weighted by Gasteiger charge is -2.04. The molecule has 252 valence electrons. The van der Waals surface area contributed by atoms with Gasteiger partial charge in [-0.1, -0.05) is 206 Å². The molecule has 1 aromatic heterocycles. The topological polar surface area (TPSA) is 3.88 Å². The summed E-state index contributed by atoms with van der Waals surface area (Å²) in [5.74, 6) is 0. The minimum atomic E-state index is 1.20. The van der Waals surface area contributed by atoms with Gasteiger partial charge in [-0.2, -0.15) is 0 Å². The molecule has 0 aliphatic carbocycles. The first-order valence-corrected chi connectivity index (χ1v) is 20.3. The zero-order valence-corrected chi connectivity index (χ0v) is 30.0. The van der Waals surface area contributed by atoms with Crippen molar-refractivity contribution in [1.29, 1.82) is 0 Å². The molecular formula is C42H80N+. The highest BCUT2D eigenvalue weighted by atomic mass is 14.9. The van der Waals surface area contributed by atoms with E-state index in [0.717, 1.165) is 0 Å². The molecule has 0 spiro atoms. The summed E-state index contributed by atoms with van der Waals surface area (Å²) in [6.07, 6.45) is 53.7. The van der Waals surface area contributed by atoms with Crippen LogP contribution in [0.25, 0.3) is 0 Å². The van der Waals surface area contributed by atoms with Gasteiger partial charge in [-0.05, 0) is 25.3 Å². The SMILES string of the molecule is CCCCCCCCCCCCCCCCCCC[n+]1cccc(CCCCCCCCCCCCCCCCCC)c1. The third kappa shape index (κ3) is 29.6. The van der Waals surface area contributed by atoms with E-state index in [1.807, 2.05) is 0 Å².